The van der Waals surface area contributed by atoms with Crippen LogP contribution in [0, 0.1) is 5.41 Å². The van der Waals surface area contributed by atoms with Crippen LogP contribution >= 0.6 is 0 Å². The van der Waals surface area contributed by atoms with E-state index in [0.29, 0.717) is 6.42 Å². The molecule has 1 unspecified atom stereocenters. The van der Waals surface area contributed by atoms with E-state index in [-0.39, 0.29) is 17.4 Å². The fourth-order valence-corrected chi connectivity index (χ4v) is 3.00. The average molecular weight is 274 g/mol. The minimum absolute atomic E-state index is 0.0196. The van der Waals surface area contributed by atoms with Gasteiger partial charge in [-0.3, -0.25) is 4.79 Å². The molecule has 1 saturated carbocycles. The number of benzene rings is 1. The lowest BCUT2D eigenvalue weighted by molar-refractivity contribution is -0.124. The number of amides is 1. The molecular weight excluding hydrogens is 248 g/mol. The van der Waals surface area contributed by atoms with Gasteiger partial charge in [-0.2, -0.15) is 0 Å². The van der Waals surface area contributed by atoms with Crippen molar-refractivity contribution in [1.82, 2.24) is 5.32 Å². The normalized spacial score (nSPS) is 23.1. The first-order valence-electron chi connectivity index (χ1n) is 7.59. The first-order valence-corrected chi connectivity index (χ1v) is 7.59. The van der Waals surface area contributed by atoms with Gasteiger partial charge in [0.25, 0.3) is 0 Å². The maximum atomic E-state index is 12.3. The van der Waals surface area contributed by atoms with Gasteiger partial charge in [0.1, 0.15) is 0 Å². The van der Waals surface area contributed by atoms with Crippen LogP contribution in [0.3, 0.4) is 0 Å². The Morgan fingerprint density at radius 1 is 1.35 bits per heavy atom. The Hall–Kier alpha value is -1.35. The molecule has 3 nitrogen and oxygen atoms in total. The fraction of sp³-hybridized carbons (Fsp3) is 0.588. The van der Waals surface area contributed by atoms with E-state index >= 15 is 0 Å². The third kappa shape index (κ3) is 3.83. The van der Waals surface area contributed by atoms with E-state index in [1.54, 1.807) is 0 Å². The van der Waals surface area contributed by atoms with Crippen molar-refractivity contribution >= 4 is 5.91 Å². The van der Waals surface area contributed by atoms with Crippen LogP contribution in [0.15, 0.2) is 30.3 Å². The maximum absolute atomic E-state index is 12.3. The summed E-state index contributed by atoms with van der Waals surface area (Å²) in [6.45, 7) is 4.47. The van der Waals surface area contributed by atoms with E-state index in [0.717, 1.165) is 12.0 Å². The van der Waals surface area contributed by atoms with E-state index in [1.165, 1.54) is 19.3 Å². The summed E-state index contributed by atoms with van der Waals surface area (Å²) in [5.74, 6) is -0.0196. The van der Waals surface area contributed by atoms with Crippen molar-refractivity contribution in [3.8, 4) is 0 Å². The summed E-state index contributed by atoms with van der Waals surface area (Å²) >= 11 is 0. The third-order valence-electron chi connectivity index (χ3n) is 4.46. The Labute approximate surface area is 121 Å². The largest absolute Gasteiger partial charge is 0.351 e. The Balaban J connectivity index is 1.90. The molecule has 0 bridgehead atoms. The van der Waals surface area contributed by atoms with Gasteiger partial charge in [0.2, 0.25) is 5.91 Å². The summed E-state index contributed by atoms with van der Waals surface area (Å²) in [5, 5.41) is 3.17. The van der Waals surface area contributed by atoms with Crippen LogP contribution in [-0.2, 0) is 11.2 Å². The van der Waals surface area contributed by atoms with E-state index in [2.05, 4.69) is 19.2 Å². The van der Waals surface area contributed by atoms with Crippen LogP contribution in [0.25, 0.3) is 0 Å². The maximum Gasteiger partial charge on any atom is 0.237 e. The lowest BCUT2D eigenvalue weighted by Crippen LogP contribution is -2.52. The topological polar surface area (TPSA) is 55.1 Å². The highest BCUT2D eigenvalue weighted by Crippen LogP contribution is 2.35. The first kappa shape index (κ1) is 15.0. The van der Waals surface area contributed by atoms with Crippen LogP contribution in [0.5, 0.6) is 0 Å². The minimum Gasteiger partial charge on any atom is -0.351 e. The van der Waals surface area contributed by atoms with Crippen molar-refractivity contribution in [2.75, 3.05) is 0 Å². The number of hydrogen-bond acceptors (Lipinski definition) is 2. The summed E-state index contributed by atoms with van der Waals surface area (Å²) in [7, 11) is 0. The average Bonchev–Trinajstić information content (AvgIpc) is 2.42. The molecule has 1 fully saturated rings. The standard InChI is InChI=1S/C17H26N2O/c1-17(2)11-7-6-10-15(17)19-16(20)14(18)12-13-8-4-3-5-9-13/h3-5,8-9,14-15H,6-7,10-12,18H2,1-2H3,(H,19,20)/t14-,15?/m0/s1. The molecule has 0 saturated heterocycles. The van der Waals surface area contributed by atoms with E-state index in [1.807, 2.05) is 30.3 Å². The first-order chi connectivity index (χ1) is 9.49. The van der Waals surface area contributed by atoms with E-state index in [9.17, 15) is 4.79 Å². The van der Waals surface area contributed by atoms with Gasteiger partial charge in [-0.25, -0.2) is 0 Å². The molecule has 0 heterocycles. The Bertz CT molecular complexity index is 442. The predicted octanol–water partition coefficient (Wildman–Crippen LogP) is 2.64. The van der Waals surface area contributed by atoms with Gasteiger partial charge >= 0.3 is 0 Å². The van der Waals surface area contributed by atoms with Crippen molar-refractivity contribution < 1.29 is 4.79 Å². The smallest absolute Gasteiger partial charge is 0.237 e. The summed E-state index contributed by atoms with van der Waals surface area (Å²) < 4.78 is 0. The van der Waals surface area contributed by atoms with Crippen LogP contribution in [-0.4, -0.2) is 18.0 Å². The molecule has 1 aliphatic carbocycles. The molecule has 3 heteroatoms. The zero-order valence-corrected chi connectivity index (χ0v) is 12.6. The molecule has 1 amide bonds. The third-order valence-corrected chi connectivity index (χ3v) is 4.46. The van der Waals surface area contributed by atoms with Gasteiger partial charge in [-0.1, -0.05) is 57.0 Å². The van der Waals surface area contributed by atoms with Crippen LogP contribution < -0.4 is 11.1 Å². The quantitative estimate of drug-likeness (QED) is 0.887. The Morgan fingerprint density at radius 2 is 2.05 bits per heavy atom. The minimum atomic E-state index is -0.463. The Morgan fingerprint density at radius 3 is 2.70 bits per heavy atom. The Kier molecular flexibility index (Phi) is 4.81. The van der Waals surface area contributed by atoms with Crippen LogP contribution in [0.4, 0.5) is 0 Å². The SMILES string of the molecule is CC1(C)CCCCC1NC(=O)[C@@H](N)Cc1ccccc1. The molecule has 2 rings (SSSR count). The number of rotatable bonds is 4. The zero-order valence-electron chi connectivity index (χ0n) is 12.6. The summed E-state index contributed by atoms with van der Waals surface area (Å²) in [6, 6.07) is 9.74. The molecule has 3 N–H and O–H groups in total. The van der Waals surface area contributed by atoms with Crippen molar-refractivity contribution in [3.05, 3.63) is 35.9 Å². The summed E-state index contributed by atoms with van der Waals surface area (Å²) in [4.78, 5) is 12.3. The lowest BCUT2D eigenvalue weighted by atomic mass is 9.73. The molecule has 0 spiro atoms. The molecule has 1 aromatic carbocycles. The fourth-order valence-electron chi connectivity index (χ4n) is 3.00. The predicted molar refractivity (Wildman–Crippen MR) is 82.3 cm³/mol. The number of hydrogen-bond donors (Lipinski definition) is 2. The van der Waals surface area contributed by atoms with Gasteiger partial charge in [-0.15, -0.1) is 0 Å². The summed E-state index contributed by atoms with van der Waals surface area (Å²) in [6.07, 6.45) is 5.29. The lowest BCUT2D eigenvalue weighted by Gasteiger charge is -2.39. The van der Waals surface area contributed by atoms with Crippen molar-refractivity contribution in [3.63, 3.8) is 0 Å². The van der Waals surface area contributed by atoms with E-state index < -0.39 is 6.04 Å². The van der Waals surface area contributed by atoms with Gasteiger partial charge < -0.3 is 11.1 Å². The molecule has 2 atom stereocenters. The molecule has 110 valence electrons. The van der Waals surface area contributed by atoms with Gasteiger partial charge in [0.15, 0.2) is 0 Å². The molecule has 1 aliphatic rings. The number of nitrogens with one attached hydrogen (secondary N) is 1. The van der Waals surface area contributed by atoms with Crippen molar-refractivity contribution in [1.29, 1.82) is 0 Å². The number of nitrogens with two attached hydrogens (primary N) is 1. The second-order valence-electron chi connectivity index (χ2n) is 6.59. The van der Waals surface area contributed by atoms with Crippen LogP contribution in [0.1, 0.15) is 45.1 Å². The highest BCUT2D eigenvalue weighted by molar-refractivity contribution is 5.82. The molecule has 0 aromatic heterocycles. The van der Waals surface area contributed by atoms with Crippen molar-refractivity contribution in [2.24, 2.45) is 11.1 Å². The number of carbonyl (C=O) groups is 1. The number of carbonyl (C=O) groups excluding carboxylic acids is 1. The van der Waals surface area contributed by atoms with Crippen LogP contribution in [0.2, 0.25) is 0 Å². The van der Waals surface area contributed by atoms with Gasteiger partial charge in [0.05, 0.1) is 6.04 Å². The highest BCUT2D eigenvalue weighted by Gasteiger charge is 2.33. The zero-order chi connectivity index (χ0) is 14.6. The second-order valence-corrected chi connectivity index (χ2v) is 6.59. The van der Waals surface area contributed by atoms with Gasteiger partial charge in [-0.05, 0) is 30.2 Å². The molecule has 0 aliphatic heterocycles. The molecular formula is C17H26N2O. The summed E-state index contributed by atoms with van der Waals surface area (Å²) in [5.41, 5.74) is 7.33. The van der Waals surface area contributed by atoms with Gasteiger partial charge in [0, 0.05) is 6.04 Å². The molecule has 0 radical (unpaired) electrons. The highest BCUT2D eigenvalue weighted by atomic mass is 16.2. The second kappa shape index (κ2) is 6.40. The molecule has 20 heavy (non-hydrogen) atoms. The van der Waals surface area contributed by atoms with E-state index in [4.69, 9.17) is 5.73 Å². The van der Waals surface area contributed by atoms with Crippen molar-refractivity contribution in [2.45, 2.75) is 58.0 Å². The monoisotopic (exact) mass is 274 g/mol. The molecule has 1 aromatic rings.